The zero-order chi connectivity index (χ0) is 23.0. The van der Waals surface area contributed by atoms with Gasteiger partial charge in [-0.25, -0.2) is 8.42 Å². The standard InChI is InChI=1S/C21H25ClN4O5S/c1-2-32(30,31)21-23-18-17(26(21)13-14-6-8-15(22)9-7-14)20(29)25(11-4-12-27)19(28)16-5-3-10-24(16)18/h6-9,16,27H,2-5,10-13H2,1H3. The van der Waals surface area contributed by atoms with Crippen LogP contribution in [0, 0.1) is 0 Å². The molecule has 11 heteroatoms. The number of fused-ring (bicyclic) bond motifs is 3. The molecule has 0 aliphatic carbocycles. The Labute approximate surface area is 191 Å². The number of anilines is 1. The summed E-state index contributed by atoms with van der Waals surface area (Å²) in [6.45, 7) is 2.01. The van der Waals surface area contributed by atoms with Crippen LogP contribution in [0.15, 0.2) is 29.4 Å². The van der Waals surface area contributed by atoms with Crippen LogP contribution in [0.4, 0.5) is 5.82 Å². The molecule has 0 spiro atoms. The number of halogens is 1. The van der Waals surface area contributed by atoms with Gasteiger partial charge in [0.25, 0.3) is 11.8 Å². The minimum atomic E-state index is -3.76. The lowest BCUT2D eigenvalue weighted by molar-refractivity contribution is -0.129. The normalized spacial score (nSPS) is 18.7. The maximum Gasteiger partial charge on any atom is 0.281 e. The number of benzene rings is 1. The van der Waals surface area contributed by atoms with Crippen molar-refractivity contribution in [2.45, 2.75) is 43.9 Å². The fourth-order valence-corrected chi connectivity index (χ4v) is 5.34. The molecule has 1 aromatic heterocycles. The van der Waals surface area contributed by atoms with Gasteiger partial charge in [0.2, 0.25) is 15.0 Å². The topological polar surface area (TPSA) is 113 Å². The highest BCUT2D eigenvalue weighted by atomic mass is 35.5. The van der Waals surface area contributed by atoms with Crippen molar-refractivity contribution in [1.82, 2.24) is 14.5 Å². The van der Waals surface area contributed by atoms with Gasteiger partial charge in [0.05, 0.1) is 12.3 Å². The molecular formula is C21H25ClN4O5S. The van der Waals surface area contributed by atoms with E-state index in [4.69, 9.17) is 11.6 Å². The molecular weight excluding hydrogens is 456 g/mol. The molecule has 2 aliphatic heterocycles. The number of hydrogen-bond donors (Lipinski definition) is 1. The van der Waals surface area contributed by atoms with E-state index >= 15 is 0 Å². The van der Waals surface area contributed by atoms with Crippen molar-refractivity contribution in [3.63, 3.8) is 0 Å². The van der Waals surface area contributed by atoms with E-state index in [0.717, 1.165) is 16.9 Å². The lowest BCUT2D eigenvalue weighted by Gasteiger charge is -2.24. The fraction of sp³-hybridized carbons (Fsp3) is 0.476. The largest absolute Gasteiger partial charge is 0.396 e. The third-order valence-electron chi connectivity index (χ3n) is 5.89. The molecule has 32 heavy (non-hydrogen) atoms. The smallest absolute Gasteiger partial charge is 0.281 e. The Morgan fingerprint density at radius 3 is 2.59 bits per heavy atom. The van der Waals surface area contributed by atoms with E-state index in [2.05, 4.69) is 4.98 Å². The van der Waals surface area contributed by atoms with Crippen LogP contribution in [0.25, 0.3) is 0 Å². The van der Waals surface area contributed by atoms with Crippen molar-refractivity contribution in [3.05, 3.63) is 40.5 Å². The number of imide groups is 1. The Morgan fingerprint density at radius 2 is 1.94 bits per heavy atom. The molecule has 1 atom stereocenters. The van der Waals surface area contributed by atoms with Crippen molar-refractivity contribution in [1.29, 1.82) is 0 Å². The van der Waals surface area contributed by atoms with Crippen LogP contribution in [0.3, 0.4) is 0 Å². The molecule has 1 unspecified atom stereocenters. The van der Waals surface area contributed by atoms with Gasteiger partial charge < -0.3 is 14.6 Å². The fourth-order valence-electron chi connectivity index (χ4n) is 4.24. The monoisotopic (exact) mass is 480 g/mol. The third kappa shape index (κ3) is 3.91. The number of aliphatic hydroxyl groups excluding tert-OH is 1. The lowest BCUT2D eigenvalue weighted by atomic mass is 10.2. The van der Waals surface area contributed by atoms with Crippen LogP contribution < -0.4 is 4.90 Å². The molecule has 9 nitrogen and oxygen atoms in total. The molecule has 1 aromatic carbocycles. The van der Waals surface area contributed by atoms with E-state index in [-0.39, 0.29) is 54.4 Å². The number of nitrogens with zero attached hydrogens (tertiary/aromatic N) is 4. The van der Waals surface area contributed by atoms with Crippen LogP contribution in [0.1, 0.15) is 42.2 Å². The molecule has 0 bridgehead atoms. The second kappa shape index (κ2) is 8.84. The second-order valence-corrected chi connectivity index (χ2v) is 10.5. The van der Waals surface area contributed by atoms with Crippen LogP contribution in [-0.4, -0.2) is 71.3 Å². The van der Waals surface area contributed by atoms with E-state index in [1.165, 1.54) is 11.5 Å². The summed E-state index contributed by atoms with van der Waals surface area (Å²) in [5.74, 6) is -0.865. The van der Waals surface area contributed by atoms with Crippen molar-refractivity contribution < 1.29 is 23.1 Å². The summed E-state index contributed by atoms with van der Waals surface area (Å²) in [4.78, 5) is 34.1. The second-order valence-electron chi connectivity index (χ2n) is 7.91. The Balaban J connectivity index is 1.92. The van der Waals surface area contributed by atoms with E-state index in [0.29, 0.717) is 18.0 Å². The Bertz CT molecular complexity index is 1150. The maximum atomic E-state index is 13.6. The SMILES string of the molecule is CCS(=O)(=O)c1nc2c(n1Cc1ccc(Cl)cc1)C(=O)N(CCCO)C(=O)C1CCCN21. The first-order valence-corrected chi connectivity index (χ1v) is 12.6. The van der Waals surface area contributed by atoms with Gasteiger partial charge in [-0.05, 0) is 37.0 Å². The van der Waals surface area contributed by atoms with Crippen LogP contribution in [0.2, 0.25) is 5.02 Å². The predicted molar refractivity (Wildman–Crippen MR) is 119 cm³/mol. The molecule has 0 saturated carbocycles. The number of rotatable bonds is 7. The quantitative estimate of drug-likeness (QED) is 0.600. The summed E-state index contributed by atoms with van der Waals surface area (Å²) in [7, 11) is -3.76. The Kier molecular flexibility index (Phi) is 6.28. The molecule has 4 rings (SSSR count). The number of aliphatic hydroxyl groups is 1. The minimum absolute atomic E-state index is 0.0555. The molecule has 0 radical (unpaired) electrons. The van der Waals surface area contributed by atoms with Gasteiger partial charge in [0, 0.05) is 24.7 Å². The van der Waals surface area contributed by atoms with Crippen molar-refractivity contribution >= 4 is 39.1 Å². The summed E-state index contributed by atoms with van der Waals surface area (Å²) >= 11 is 5.98. The molecule has 3 heterocycles. The van der Waals surface area contributed by atoms with Crippen LogP contribution >= 0.6 is 11.6 Å². The number of amides is 2. The van der Waals surface area contributed by atoms with Gasteiger partial charge in [-0.15, -0.1) is 0 Å². The first-order chi connectivity index (χ1) is 15.3. The van der Waals surface area contributed by atoms with E-state index in [1.807, 2.05) is 0 Å². The molecule has 172 valence electrons. The Morgan fingerprint density at radius 1 is 1.22 bits per heavy atom. The first-order valence-electron chi connectivity index (χ1n) is 10.6. The maximum absolute atomic E-state index is 13.6. The van der Waals surface area contributed by atoms with Gasteiger partial charge in [0.15, 0.2) is 11.5 Å². The average Bonchev–Trinajstić information content (AvgIpc) is 3.38. The molecule has 1 saturated heterocycles. The van der Waals surface area contributed by atoms with Gasteiger partial charge >= 0.3 is 0 Å². The van der Waals surface area contributed by atoms with Gasteiger partial charge in [-0.1, -0.05) is 30.7 Å². The average molecular weight is 481 g/mol. The van der Waals surface area contributed by atoms with Crippen LogP contribution in [-0.2, 0) is 21.2 Å². The number of hydrogen-bond acceptors (Lipinski definition) is 7. The number of sulfone groups is 1. The van der Waals surface area contributed by atoms with E-state index in [1.54, 1.807) is 29.2 Å². The van der Waals surface area contributed by atoms with E-state index in [9.17, 15) is 23.1 Å². The number of carbonyl (C=O) groups excluding carboxylic acids is 2. The third-order valence-corrected chi connectivity index (χ3v) is 7.77. The zero-order valence-electron chi connectivity index (χ0n) is 17.7. The van der Waals surface area contributed by atoms with E-state index < -0.39 is 21.8 Å². The molecule has 2 amide bonds. The van der Waals surface area contributed by atoms with Crippen molar-refractivity contribution in [2.75, 3.05) is 30.3 Å². The van der Waals surface area contributed by atoms with Crippen molar-refractivity contribution in [3.8, 4) is 0 Å². The summed E-state index contributed by atoms with van der Waals surface area (Å²) in [6, 6.07) is 6.32. The highest BCUT2D eigenvalue weighted by Crippen LogP contribution is 2.35. The molecule has 2 aliphatic rings. The number of imidazole rings is 1. The summed E-state index contributed by atoms with van der Waals surface area (Å²) in [5.41, 5.74) is 0.827. The molecule has 1 fully saturated rings. The molecule has 2 aromatic rings. The molecule has 1 N–H and O–H groups in total. The van der Waals surface area contributed by atoms with Crippen LogP contribution in [0.5, 0.6) is 0 Å². The highest BCUT2D eigenvalue weighted by Gasteiger charge is 2.45. The predicted octanol–water partition coefficient (Wildman–Crippen LogP) is 1.71. The summed E-state index contributed by atoms with van der Waals surface area (Å²) < 4.78 is 27.3. The summed E-state index contributed by atoms with van der Waals surface area (Å²) in [6.07, 6.45) is 1.53. The zero-order valence-corrected chi connectivity index (χ0v) is 19.3. The minimum Gasteiger partial charge on any atom is -0.396 e. The van der Waals surface area contributed by atoms with Gasteiger partial charge in [0.1, 0.15) is 6.04 Å². The number of carbonyl (C=O) groups is 2. The number of aromatic nitrogens is 2. The first kappa shape index (κ1) is 22.8. The van der Waals surface area contributed by atoms with Gasteiger partial charge in [-0.2, -0.15) is 4.98 Å². The Hall–Kier alpha value is -2.43. The lowest BCUT2D eigenvalue weighted by Crippen LogP contribution is -2.46. The summed E-state index contributed by atoms with van der Waals surface area (Å²) in [5, 5.41) is 9.62. The highest BCUT2D eigenvalue weighted by molar-refractivity contribution is 7.91. The van der Waals surface area contributed by atoms with Gasteiger partial charge in [-0.3, -0.25) is 14.5 Å². The van der Waals surface area contributed by atoms with Crippen molar-refractivity contribution in [2.24, 2.45) is 0 Å².